The molecule has 3 aliphatic rings. The predicted molar refractivity (Wildman–Crippen MR) is 92.8 cm³/mol. The highest BCUT2D eigenvalue weighted by atomic mass is 16.5. The van der Waals surface area contributed by atoms with Crippen molar-refractivity contribution in [3.8, 4) is 0 Å². The number of nitrogens with one attached hydrogen (secondary N) is 1. The Labute approximate surface area is 151 Å². The summed E-state index contributed by atoms with van der Waals surface area (Å²) in [6, 6.07) is 4.88. The number of imide groups is 1. The summed E-state index contributed by atoms with van der Waals surface area (Å²) in [4.78, 5) is 43.2. The molecule has 4 rings (SSSR count). The lowest BCUT2D eigenvalue weighted by Gasteiger charge is -2.55. The quantitative estimate of drug-likeness (QED) is 0.433. The van der Waals surface area contributed by atoms with Crippen LogP contribution in [-0.2, 0) is 25.5 Å². The number of carbonyl (C=O) groups excluding carboxylic acids is 3. The van der Waals surface area contributed by atoms with Crippen LogP contribution < -0.4 is 10.2 Å². The second-order valence-corrected chi connectivity index (χ2v) is 7.30. The SMILES string of the molecule is [C-]#[N+]c1ccc2c(c1)CC1(C(=O)CC(=O)NC1=O)[C@H]1[C@H](C)O[C@H](C)CN21. The largest absolute Gasteiger partial charge is 0.372 e. The Hall–Kier alpha value is -2.72. The van der Waals surface area contributed by atoms with E-state index in [-0.39, 0.29) is 30.8 Å². The van der Waals surface area contributed by atoms with Crippen LogP contribution in [0.5, 0.6) is 0 Å². The van der Waals surface area contributed by atoms with Gasteiger partial charge < -0.3 is 9.64 Å². The normalized spacial score (nSPS) is 33.3. The van der Waals surface area contributed by atoms with E-state index in [1.165, 1.54) is 0 Å². The van der Waals surface area contributed by atoms with Gasteiger partial charge in [-0.3, -0.25) is 19.7 Å². The number of ketones is 1. The van der Waals surface area contributed by atoms with Gasteiger partial charge in [-0.05, 0) is 31.9 Å². The molecule has 3 heterocycles. The average molecular weight is 353 g/mol. The third-order valence-electron chi connectivity index (χ3n) is 5.63. The van der Waals surface area contributed by atoms with Crippen LogP contribution in [0.25, 0.3) is 4.85 Å². The molecule has 2 saturated heterocycles. The van der Waals surface area contributed by atoms with E-state index in [1.807, 2.05) is 19.9 Å². The predicted octanol–water partition coefficient (Wildman–Crippen LogP) is 1.38. The molecule has 0 saturated carbocycles. The molecule has 7 heteroatoms. The van der Waals surface area contributed by atoms with Crippen molar-refractivity contribution in [2.75, 3.05) is 11.4 Å². The fourth-order valence-corrected chi connectivity index (χ4v) is 4.70. The zero-order valence-electron chi connectivity index (χ0n) is 14.6. The highest BCUT2D eigenvalue weighted by molar-refractivity contribution is 6.22. The molecule has 2 amide bonds. The minimum Gasteiger partial charge on any atom is -0.372 e. The molecule has 26 heavy (non-hydrogen) atoms. The second kappa shape index (κ2) is 5.64. The minimum absolute atomic E-state index is 0.0619. The molecule has 134 valence electrons. The van der Waals surface area contributed by atoms with Crippen molar-refractivity contribution < 1.29 is 19.1 Å². The zero-order chi connectivity index (χ0) is 18.6. The van der Waals surface area contributed by atoms with Gasteiger partial charge in [-0.1, -0.05) is 12.1 Å². The van der Waals surface area contributed by atoms with Gasteiger partial charge >= 0.3 is 0 Å². The van der Waals surface area contributed by atoms with Crippen molar-refractivity contribution in [2.45, 2.75) is 44.9 Å². The summed E-state index contributed by atoms with van der Waals surface area (Å²) < 4.78 is 5.96. The highest BCUT2D eigenvalue weighted by Crippen LogP contribution is 2.48. The Morgan fingerprint density at radius 1 is 1.31 bits per heavy atom. The van der Waals surface area contributed by atoms with Crippen LogP contribution in [0.3, 0.4) is 0 Å². The first kappa shape index (κ1) is 16.7. The molecule has 0 aliphatic carbocycles. The summed E-state index contributed by atoms with van der Waals surface area (Å²) >= 11 is 0. The molecule has 3 aliphatic heterocycles. The van der Waals surface area contributed by atoms with Crippen LogP contribution in [-0.4, -0.2) is 42.4 Å². The number of nitrogens with zero attached hydrogens (tertiary/aromatic N) is 2. The van der Waals surface area contributed by atoms with E-state index in [0.29, 0.717) is 12.2 Å². The molecule has 1 aromatic rings. The number of benzene rings is 1. The van der Waals surface area contributed by atoms with Gasteiger partial charge in [0.15, 0.2) is 11.5 Å². The Kier molecular flexibility index (Phi) is 3.63. The molecule has 4 atom stereocenters. The van der Waals surface area contributed by atoms with Crippen molar-refractivity contribution in [1.82, 2.24) is 5.32 Å². The Morgan fingerprint density at radius 2 is 2.08 bits per heavy atom. The smallest absolute Gasteiger partial charge is 0.242 e. The van der Waals surface area contributed by atoms with Crippen molar-refractivity contribution in [2.24, 2.45) is 5.41 Å². The van der Waals surface area contributed by atoms with Gasteiger partial charge in [-0.15, -0.1) is 0 Å². The van der Waals surface area contributed by atoms with Gasteiger partial charge in [0.2, 0.25) is 11.8 Å². The molecule has 1 spiro atoms. The maximum atomic E-state index is 13.0. The lowest BCUT2D eigenvalue weighted by atomic mass is 9.63. The Morgan fingerprint density at radius 3 is 2.77 bits per heavy atom. The number of hydrogen-bond donors (Lipinski definition) is 1. The number of piperidine rings is 1. The van der Waals surface area contributed by atoms with Crippen LogP contribution in [0.15, 0.2) is 18.2 Å². The Balaban J connectivity index is 1.92. The number of anilines is 1. The average Bonchev–Trinajstić information content (AvgIpc) is 2.58. The van der Waals surface area contributed by atoms with Crippen molar-refractivity contribution >= 4 is 29.0 Å². The number of rotatable bonds is 0. The fourth-order valence-electron chi connectivity index (χ4n) is 4.70. The molecule has 2 fully saturated rings. The molecule has 1 aromatic carbocycles. The van der Waals surface area contributed by atoms with Gasteiger partial charge in [0, 0.05) is 12.2 Å². The van der Waals surface area contributed by atoms with Gasteiger partial charge in [0.05, 0.1) is 31.2 Å². The van der Waals surface area contributed by atoms with Crippen LogP contribution in [0, 0.1) is 12.0 Å². The van der Waals surface area contributed by atoms with Crippen molar-refractivity contribution in [3.63, 3.8) is 0 Å². The first-order valence-electron chi connectivity index (χ1n) is 8.67. The molecule has 1 unspecified atom stereocenters. The molecule has 0 aromatic heterocycles. The van der Waals surface area contributed by atoms with Gasteiger partial charge in [-0.2, -0.15) is 0 Å². The lowest BCUT2D eigenvalue weighted by Crippen LogP contribution is -2.72. The summed E-state index contributed by atoms with van der Waals surface area (Å²) in [6.45, 7) is 11.6. The zero-order valence-corrected chi connectivity index (χ0v) is 14.6. The van der Waals surface area contributed by atoms with Crippen LogP contribution >= 0.6 is 0 Å². The standard InChI is InChI=1S/C19H19N3O4/c1-10-9-22-14-5-4-13(20-3)6-12(14)8-19(17(22)11(2)26-10)15(23)7-16(24)21-18(19)25/h4-6,10-11,17H,7-9H2,1-2H3,(H,21,24,25)/t10-,11+,17-,19?/m1/s1. The van der Waals surface area contributed by atoms with E-state index in [0.717, 1.165) is 11.3 Å². The second-order valence-electron chi connectivity index (χ2n) is 7.30. The van der Waals surface area contributed by atoms with E-state index >= 15 is 0 Å². The molecule has 1 N–H and O–H groups in total. The fraction of sp³-hybridized carbons (Fsp3) is 0.474. The van der Waals surface area contributed by atoms with E-state index in [2.05, 4.69) is 15.1 Å². The number of carbonyl (C=O) groups is 3. The van der Waals surface area contributed by atoms with Crippen LogP contribution in [0.1, 0.15) is 25.8 Å². The lowest BCUT2D eigenvalue weighted by molar-refractivity contribution is -0.158. The number of Topliss-reactive ketones (excluding diaryl/α,β-unsaturated/α-hetero) is 1. The number of amides is 2. The molecule has 0 radical (unpaired) electrons. The maximum absolute atomic E-state index is 13.0. The molecular weight excluding hydrogens is 334 g/mol. The summed E-state index contributed by atoms with van der Waals surface area (Å²) in [5.41, 5.74) is 0.800. The Bertz CT molecular complexity index is 852. The van der Waals surface area contributed by atoms with Crippen molar-refractivity contribution in [3.05, 3.63) is 35.2 Å². The maximum Gasteiger partial charge on any atom is 0.242 e. The molecule has 7 nitrogen and oxygen atoms in total. The van der Waals surface area contributed by atoms with Gasteiger partial charge in [-0.25, -0.2) is 4.85 Å². The van der Waals surface area contributed by atoms with E-state index in [9.17, 15) is 14.4 Å². The third kappa shape index (κ3) is 2.19. The summed E-state index contributed by atoms with van der Waals surface area (Å²) in [6.07, 6.45) is -0.549. The van der Waals surface area contributed by atoms with E-state index in [4.69, 9.17) is 11.3 Å². The van der Waals surface area contributed by atoms with Crippen LogP contribution in [0.2, 0.25) is 0 Å². The first-order chi connectivity index (χ1) is 12.4. The highest BCUT2D eigenvalue weighted by Gasteiger charge is 2.62. The number of hydrogen-bond acceptors (Lipinski definition) is 5. The number of ether oxygens (including phenoxy) is 1. The van der Waals surface area contributed by atoms with Gasteiger partial charge in [0.1, 0.15) is 5.41 Å². The minimum atomic E-state index is -1.37. The third-order valence-corrected chi connectivity index (χ3v) is 5.63. The molecule has 0 bridgehead atoms. The van der Waals surface area contributed by atoms with E-state index < -0.39 is 23.3 Å². The summed E-state index contributed by atoms with van der Waals surface area (Å²) in [5.74, 6) is -1.49. The number of fused-ring (bicyclic) bond motifs is 4. The first-order valence-corrected chi connectivity index (χ1v) is 8.67. The summed E-state index contributed by atoms with van der Waals surface area (Å²) in [5, 5.41) is 2.35. The monoisotopic (exact) mass is 353 g/mol. The number of morpholine rings is 1. The van der Waals surface area contributed by atoms with Crippen molar-refractivity contribution in [1.29, 1.82) is 0 Å². The van der Waals surface area contributed by atoms with E-state index in [1.54, 1.807) is 12.1 Å². The summed E-state index contributed by atoms with van der Waals surface area (Å²) in [7, 11) is 0. The topological polar surface area (TPSA) is 80.1 Å². The molecular formula is C19H19N3O4. The van der Waals surface area contributed by atoms with Gasteiger partial charge in [0.25, 0.3) is 0 Å². The van der Waals surface area contributed by atoms with Crippen LogP contribution in [0.4, 0.5) is 11.4 Å².